The Balaban J connectivity index is 1.73. The van der Waals surface area contributed by atoms with Gasteiger partial charge < -0.3 is 0 Å². The van der Waals surface area contributed by atoms with Gasteiger partial charge in [-0.1, -0.05) is 62.2 Å². The number of aliphatic imine (C=N–C) groups is 1. The molecule has 2 aromatic rings. The Kier molecular flexibility index (Phi) is 6.43. The number of carbonyl (C=O) groups is 1. The van der Waals surface area contributed by atoms with E-state index in [4.69, 9.17) is 4.84 Å². The van der Waals surface area contributed by atoms with Crippen LogP contribution in [0.25, 0.3) is 0 Å². The number of hydrogen-bond donors (Lipinski definition) is 2. The van der Waals surface area contributed by atoms with Crippen LogP contribution in [0, 0.1) is 0 Å². The molecule has 0 aromatic heterocycles. The summed E-state index contributed by atoms with van der Waals surface area (Å²) in [7, 11) is -3.64. The Bertz CT molecular complexity index is 958. The highest BCUT2D eigenvalue weighted by Crippen LogP contribution is 2.23. The number of hydrogen-bond acceptors (Lipinski definition) is 5. The molecule has 3 rings (SSSR count). The van der Waals surface area contributed by atoms with Crippen molar-refractivity contribution in [1.82, 2.24) is 10.2 Å². The van der Waals surface area contributed by atoms with Gasteiger partial charge in [0.25, 0.3) is 15.9 Å². The van der Waals surface area contributed by atoms with Gasteiger partial charge in [0.2, 0.25) is 0 Å². The van der Waals surface area contributed by atoms with Crippen molar-refractivity contribution < 1.29 is 18.0 Å². The maximum absolute atomic E-state index is 12.6. The van der Waals surface area contributed by atoms with Crippen molar-refractivity contribution in [3.8, 4) is 0 Å². The molecule has 7 nitrogen and oxygen atoms in total. The second-order valence-electron chi connectivity index (χ2n) is 6.48. The lowest BCUT2D eigenvalue weighted by atomic mass is 10.1. The van der Waals surface area contributed by atoms with Crippen molar-refractivity contribution in [2.45, 2.75) is 43.7 Å². The van der Waals surface area contributed by atoms with Crippen molar-refractivity contribution in [3.05, 3.63) is 65.7 Å². The van der Waals surface area contributed by atoms with E-state index in [0.29, 0.717) is 12.0 Å². The Morgan fingerprint density at radius 3 is 2.61 bits per heavy atom. The van der Waals surface area contributed by atoms with Crippen LogP contribution in [0.5, 0.6) is 0 Å². The normalized spacial score (nSPS) is 17.0. The minimum Gasteiger partial charge on any atom is -0.270 e. The number of amides is 1. The van der Waals surface area contributed by atoms with Crippen LogP contribution >= 0.6 is 0 Å². The lowest BCUT2D eigenvalue weighted by Gasteiger charge is -2.14. The zero-order chi connectivity index (χ0) is 20.0. The molecule has 1 aliphatic heterocycles. The van der Waals surface area contributed by atoms with Crippen LogP contribution in [-0.2, 0) is 26.3 Å². The Labute approximate surface area is 164 Å². The fourth-order valence-corrected chi connectivity index (χ4v) is 4.11. The average molecular weight is 401 g/mol. The van der Waals surface area contributed by atoms with Gasteiger partial charge in [-0.15, -0.1) is 0 Å². The highest BCUT2D eigenvalue weighted by atomic mass is 32.2. The van der Waals surface area contributed by atoms with E-state index in [-0.39, 0.29) is 17.3 Å². The summed E-state index contributed by atoms with van der Waals surface area (Å²) in [5.74, 6) is -0.213. The molecular weight excluding hydrogens is 378 g/mol. The van der Waals surface area contributed by atoms with E-state index in [1.165, 1.54) is 6.07 Å². The van der Waals surface area contributed by atoms with E-state index >= 15 is 0 Å². The number of hydroxylamine groups is 1. The molecule has 0 saturated heterocycles. The third-order valence-electron chi connectivity index (χ3n) is 4.34. The van der Waals surface area contributed by atoms with E-state index in [1.807, 2.05) is 37.3 Å². The number of fused-ring (bicyclic) bond motifs is 1. The minimum atomic E-state index is -3.64. The summed E-state index contributed by atoms with van der Waals surface area (Å²) in [4.78, 5) is 22.5. The molecule has 0 fully saturated rings. The Morgan fingerprint density at radius 1 is 1.14 bits per heavy atom. The summed E-state index contributed by atoms with van der Waals surface area (Å²) in [6, 6.07) is 15.3. The second-order valence-corrected chi connectivity index (χ2v) is 8.13. The zero-order valence-corrected chi connectivity index (χ0v) is 16.4. The van der Waals surface area contributed by atoms with Gasteiger partial charge in [0.05, 0.1) is 11.5 Å². The lowest BCUT2D eigenvalue weighted by molar-refractivity contribution is -0.136. The van der Waals surface area contributed by atoms with Crippen molar-refractivity contribution in [2.75, 3.05) is 0 Å². The molecule has 1 amide bonds. The molecule has 1 heterocycles. The number of benzene rings is 2. The first kappa shape index (κ1) is 20.0. The molecule has 2 aromatic carbocycles. The summed E-state index contributed by atoms with van der Waals surface area (Å²) in [5, 5.41) is 0. The van der Waals surface area contributed by atoms with Gasteiger partial charge >= 0.3 is 0 Å². The van der Waals surface area contributed by atoms with Crippen molar-refractivity contribution in [3.63, 3.8) is 0 Å². The van der Waals surface area contributed by atoms with Crippen LogP contribution in [0.15, 0.2) is 64.5 Å². The van der Waals surface area contributed by atoms with Crippen LogP contribution in [0.1, 0.15) is 37.3 Å². The molecule has 0 spiro atoms. The Morgan fingerprint density at radius 2 is 1.86 bits per heavy atom. The molecule has 1 aliphatic rings. The molecule has 0 saturated carbocycles. The molecule has 8 heteroatoms. The topological polar surface area (TPSA) is 96.9 Å². The van der Waals surface area contributed by atoms with Gasteiger partial charge in [-0.25, -0.2) is 13.9 Å². The molecule has 0 bridgehead atoms. The SMILES string of the molecule is CCCC[C@H](N=C1NS(=O)(=O)c2ccccc21)C(=O)NOCc1ccccc1. The monoisotopic (exact) mass is 401 g/mol. The molecule has 148 valence electrons. The van der Waals surface area contributed by atoms with Crippen molar-refractivity contribution in [2.24, 2.45) is 4.99 Å². The summed E-state index contributed by atoms with van der Waals surface area (Å²) < 4.78 is 26.9. The first-order valence-electron chi connectivity index (χ1n) is 9.17. The number of sulfonamides is 1. The highest BCUT2D eigenvalue weighted by molar-refractivity contribution is 7.90. The van der Waals surface area contributed by atoms with Gasteiger partial charge in [0.1, 0.15) is 11.9 Å². The fraction of sp³-hybridized carbons (Fsp3) is 0.300. The standard InChI is InChI=1S/C20H23N3O4S/c1-2-3-12-17(20(24)22-27-14-15-9-5-4-6-10-15)21-19-16-11-7-8-13-18(16)28(25,26)23-19/h4-11,13,17H,2-3,12,14H2,1H3,(H,21,23)(H,22,24)/t17-/m0/s1. The number of carbonyl (C=O) groups excluding carboxylic acids is 1. The van der Waals surface area contributed by atoms with E-state index in [9.17, 15) is 13.2 Å². The molecule has 0 radical (unpaired) electrons. The smallest absolute Gasteiger partial charge is 0.268 e. The van der Waals surface area contributed by atoms with E-state index in [0.717, 1.165) is 18.4 Å². The third kappa shape index (κ3) is 4.76. The first-order chi connectivity index (χ1) is 13.5. The van der Waals surface area contributed by atoms with Gasteiger partial charge in [0, 0.05) is 5.56 Å². The van der Waals surface area contributed by atoms with Crippen molar-refractivity contribution >= 4 is 21.8 Å². The summed E-state index contributed by atoms with van der Waals surface area (Å²) in [5.41, 5.74) is 3.84. The molecule has 0 aliphatic carbocycles. The van der Waals surface area contributed by atoms with Crippen LogP contribution in [-0.4, -0.2) is 26.2 Å². The average Bonchev–Trinajstić information content (AvgIpc) is 2.96. The zero-order valence-electron chi connectivity index (χ0n) is 15.6. The van der Waals surface area contributed by atoms with Gasteiger partial charge in [0.15, 0.2) is 0 Å². The van der Waals surface area contributed by atoms with Gasteiger partial charge in [-0.2, -0.15) is 0 Å². The molecule has 0 unspecified atom stereocenters. The number of nitrogens with zero attached hydrogens (tertiary/aromatic N) is 1. The quantitative estimate of drug-likeness (QED) is 0.664. The number of rotatable bonds is 8. The third-order valence-corrected chi connectivity index (χ3v) is 5.73. The molecule has 28 heavy (non-hydrogen) atoms. The molecule has 1 atom stereocenters. The number of unbranched alkanes of at least 4 members (excludes halogenated alkanes) is 1. The predicted octanol–water partition coefficient (Wildman–Crippen LogP) is 2.53. The Hall–Kier alpha value is -2.71. The number of nitrogens with one attached hydrogen (secondary N) is 2. The minimum absolute atomic E-state index is 0.170. The lowest BCUT2D eigenvalue weighted by Crippen LogP contribution is -2.35. The maximum atomic E-state index is 12.6. The van der Waals surface area contributed by atoms with E-state index < -0.39 is 22.0 Å². The number of amidine groups is 1. The highest BCUT2D eigenvalue weighted by Gasteiger charge is 2.31. The summed E-state index contributed by atoms with van der Waals surface area (Å²) in [6.45, 7) is 2.25. The molecular formula is C20H23N3O4S. The van der Waals surface area contributed by atoms with Crippen molar-refractivity contribution in [1.29, 1.82) is 0 Å². The van der Waals surface area contributed by atoms with Crippen LogP contribution < -0.4 is 10.2 Å². The fourth-order valence-electron chi connectivity index (χ4n) is 2.87. The van der Waals surface area contributed by atoms with Crippen LogP contribution in [0.3, 0.4) is 0 Å². The largest absolute Gasteiger partial charge is 0.270 e. The summed E-state index contributed by atoms with van der Waals surface area (Å²) in [6.07, 6.45) is 2.16. The van der Waals surface area contributed by atoms with Gasteiger partial charge in [-0.3, -0.25) is 19.3 Å². The van der Waals surface area contributed by atoms with E-state index in [2.05, 4.69) is 15.2 Å². The van der Waals surface area contributed by atoms with E-state index in [1.54, 1.807) is 18.2 Å². The van der Waals surface area contributed by atoms with Crippen LogP contribution in [0.2, 0.25) is 0 Å². The van der Waals surface area contributed by atoms with Gasteiger partial charge in [-0.05, 0) is 24.1 Å². The van der Waals surface area contributed by atoms with Crippen LogP contribution in [0.4, 0.5) is 0 Å². The first-order valence-corrected chi connectivity index (χ1v) is 10.6. The second kappa shape index (κ2) is 8.99. The molecule has 2 N–H and O–H groups in total. The summed E-state index contributed by atoms with van der Waals surface area (Å²) >= 11 is 0. The maximum Gasteiger partial charge on any atom is 0.268 e. The predicted molar refractivity (Wildman–Crippen MR) is 106 cm³/mol.